The molecule has 0 unspecified atom stereocenters. The number of ether oxygens (including phenoxy) is 2. The summed E-state index contributed by atoms with van der Waals surface area (Å²) in [6.07, 6.45) is 2.83. The largest absolute Gasteiger partial charge is 0.466 e. The van der Waals surface area contributed by atoms with Gasteiger partial charge in [-0.25, -0.2) is 13.6 Å². The fourth-order valence-electron chi connectivity index (χ4n) is 4.17. The molecule has 1 aliphatic heterocycles. The van der Waals surface area contributed by atoms with E-state index >= 15 is 4.39 Å². The fraction of sp³-hybridized carbons (Fsp3) is 0.583. The van der Waals surface area contributed by atoms with Crippen LogP contribution < -0.4 is 5.32 Å². The number of aryl methyl sites for hydroxylation is 1. The summed E-state index contributed by atoms with van der Waals surface area (Å²) in [4.78, 5) is 25.5. The summed E-state index contributed by atoms with van der Waals surface area (Å²) in [6, 6.07) is 1.35. The summed E-state index contributed by atoms with van der Waals surface area (Å²) in [5, 5.41) is 3.05. The van der Waals surface area contributed by atoms with Crippen LogP contribution in [-0.4, -0.2) is 53.4 Å². The SMILES string of the molecule is CCOC(=O)CCNc1c(F)cc2c(c(C)cn2C2CCN(C(=O)OC(C)(C)C)CC2)c1F. The smallest absolute Gasteiger partial charge is 0.410 e. The van der Waals surface area contributed by atoms with Gasteiger partial charge in [0.15, 0.2) is 11.6 Å². The molecule has 1 amide bonds. The molecule has 0 aliphatic carbocycles. The first-order valence-electron chi connectivity index (χ1n) is 11.4. The number of fused-ring (bicyclic) bond motifs is 1. The van der Waals surface area contributed by atoms with Gasteiger partial charge in [-0.15, -0.1) is 0 Å². The zero-order valence-electron chi connectivity index (χ0n) is 20.0. The number of hydrogen-bond acceptors (Lipinski definition) is 5. The molecule has 1 aliphatic rings. The molecule has 33 heavy (non-hydrogen) atoms. The molecule has 1 aromatic heterocycles. The lowest BCUT2D eigenvalue weighted by molar-refractivity contribution is -0.142. The highest BCUT2D eigenvalue weighted by molar-refractivity contribution is 5.88. The normalized spacial score (nSPS) is 15.1. The molecule has 1 aromatic carbocycles. The topological polar surface area (TPSA) is 72.8 Å². The molecular formula is C24H33F2N3O4. The summed E-state index contributed by atoms with van der Waals surface area (Å²) in [5.74, 6) is -1.81. The quantitative estimate of drug-likeness (QED) is 0.597. The Hall–Kier alpha value is -2.84. The molecule has 3 rings (SSSR count). The molecule has 1 N–H and O–H groups in total. The maximum atomic E-state index is 15.3. The van der Waals surface area contributed by atoms with Crippen LogP contribution in [0.25, 0.3) is 10.9 Å². The van der Waals surface area contributed by atoms with Crippen LogP contribution in [0.3, 0.4) is 0 Å². The Kier molecular flexibility index (Phi) is 7.49. The number of aromatic nitrogens is 1. The predicted octanol–water partition coefficient (Wildman–Crippen LogP) is 5.17. The van der Waals surface area contributed by atoms with E-state index in [1.54, 1.807) is 18.7 Å². The lowest BCUT2D eigenvalue weighted by Crippen LogP contribution is -2.42. The summed E-state index contributed by atoms with van der Waals surface area (Å²) in [7, 11) is 0. The van der Waals surface area contributed by atoms with Crippen molar-refractivity contribution in [2.75, 3.05) is 31.6 Å². The van der Waals surface area contributed by atoms with Crippen molar-refractivity contribution in [3.63, 3.8) is 0 Å². The molecule has 0 spiro atoms. The van der Waals surface area contributed by atoms with Gasteiger partial charge in [-0.05, 0) is 53.0 Å². The van der Waals surface area contributed by atoms with Gasteiger partial charge in [0.25, 0.3) is 0 Å². The minimum atomic E-state index is -0.714. The molecule has 182 valence electrons. The van der Waals surface area contributed by atoms with E-state index in [9.17, 15) is 14.0 Å². The van der Waals surface area contributed by atoms with E-state index < -0.39 is 23.2 Å². The number of rotatable bonds is 6. The lowest BCUT2D eigenvalue weighted by Gasteiger charge is -2.34. The maximum absolute atomic E-state index is 15.3. The van der Waals surface area contributed by atoms with Gasteiger partial charge in [-0.1, -0.05) is 0 Å². The number of esters is 1. The third-order valence-electron chi connectivity index (χ3n) is 5.65. The minimum Gasteiger partial charge on any atom is -0.466 e. The Morgan fingerprint density at radius 1 is 1.21 bits per heavy atom. The van der Waals surface area contributed by atoms with Gasteiger partial charge in [0.05, 0.1) is 18.5 Å². The molecule has 7 nitrogen and oxygen atoms in total. The van der Waals surface area contributed by atoms with Crippen molar-refractivity contribution in [2.45, 2.75) is 65.5 Å². The first kappa shape index (κ1) is 24.8. The molecule has 0 atom stereocenters. The van der Waals surface area contributed by atoms with E-state index in [0.717, 1.165) is 0 Å². The summed E-state index contributed by atoms with van der Waals surface area (Å²) in [5.41, 5.74) is 0.380. The monoisotopic (exact) mass is 465 g/mol. The van der Waals surface area contributed by atoms with Crippen molar-refractivity contribution in [1.29, 1.82) is 0 Å². The summed E-state index contributed by atoms with van der Waals surface area (Å²) >= 11 is 0. The Bertz CT molecular complexity index is 1020. The van der Waals surface area contributed by atoms with E-state index in [1.807, 2.05) is 31.5 Å². The van der Waals surface area contributed by atoms with Gasteiger partial charge >= 0.3 is 12.1 Å². The molecule has 2 aromatic rings. The van der Waals surface area contributed by atoms with Gasteiger partial charge in [0.2, 0.25) is 0 Å². The Morgan fingerprint density at radius 3 is 2.48 bits per heavy atom. The first-order chi connectivity index (χ1) is 15.5. The van der Waals surface area contributed by atoms with Crippen LogP contribution in [0.4, 0.5) is 19.3 Å². The lowest BCUT2D eigenvalue weighted by atomic mass is 10.0. The van der Waals surface area contributed by atoms with Gasteiger partial charge in [0.1, 0.15) is 11.3 Å². The van der Waals surface area contributed by atoms with E-state index in [2.05, 4.69) is 5.32 Å². The van der Waals surface area contributed by atoms with Gasteiger partial charge in [-0.2, -0.15) is 0 Å². The standard InChI is InChI=1S/C24H33F2N3O4/c1-6-32-19(30)7-10-27-22-17(25)13-18-20(21(22)26)15(2)14-29(18)16-8-11-28(12-9-16)23(31)33-24(3,4)5/h13-14,16,27H,6-12H2,1-5H3. The number of likely N-dealkylation sites (tertiary alicyclic amines) is 1. The number of nitrogens with one attached hydrogen (secondary N) is 1. The molecule has 9 heteroatoms. The highest BCUT2D eigenvalue weighted by atomic mass is 19.1. The number of carbonyl (C=O) groups excluding carboxylic acids is 2. The molecular weight excluding hydrogens is 432 g/mol. The average Bonchev–Trinajstić information content (AvgIpc) is 3.05. The van der Waals surface area contributed by atoms with Crippen LogP contribution in [0.15, 0.2) is 12.3 Å². The van der Waals surface area contributed by atoms with E-state index in [-0.39, 0.29) is 37.4 Å². The zero-order valence-corrected chi connectivity index (χ0v) is 20.0. The first-order valence-corrected chi connectivity index (χ1v) is 11.4. The van der Waals surface area contributed by atoms with Crippen LogP contribution in [0, 0.1) is 18.6 Å². The van der Waals surface area contributed by atoms with Gasteiger partial charge < -0.3 is 24.3 Å². The van der Waals surface area contributed by atoms with Crippen molar-refractivity contribution in [2.24, 2.45) is 0 Å². The Balaban J connectivity index is 1.75. The number of anilines is 1. The average molecular weight is 466 g/mol. The van der Waals surface area contributed by atoms with Crippen LogP contribution in [0.1, 0.15) is 58.6 Å². The van der Waals surface area contributed by atoms with Crippen molar-refractivity contribution in [1.82, 2.24) is 9.47 Å². The van der Waals surface area contributed by atoms with Gasteiger partial charge in [-0.3, -0.25) is 4.79 Å². The minimum absolute atomic E-state index is 0.0149. The molecule has 0 radical (unpaired) electrons. The number of amides is 1. The number of hydrogen-bond donors (Lipinski definition) is 1. The number of piperidine rings is 1. The van der Waals surface area contributed by atoms with Crippen molar-refractivity contribution < 1.29 is 27.8 Å². The molecule has 1 fully saturated rings. The van der Waals surface area contributed by atoms with Crippen LogP contribution in [-0.2, 0) is 14.3 Å². The van der Waals surface area contributed by atoms with E-state index in [4.69, 9.17) is 9.47 Å². The van der Waals surface area contributed by atoms with Crippen LogP contribution in [0.2, 0.25) is 0 Å². The summed E-state index contributed by atoms with van der Waals surface area (Å²) in [6.45, 7) is 10.3. The highest BCUT2D eigenvalue weighted by Crippen LogP contribution is 2.35. The van der Waals surface area contributed by atoms with Crippen LogP contribution >= 0.6 is 0 Å². The Labute approximate surface area is 193 Å². The third kappa shape index (κ3) is 5.75. The highest BCUT2D eigenvalue weighted by Gasteiger charge is 2.29. The second kappa shape index (κ2) is 9.97. The second-order valence-electron chi connectivity index (χ2n) is 9.34. The third-order valence-corrected chi connectivity index (χ3v) is 5.65. The number of halogens is 2. The molecule has 0 bridgehead atoms. The second-order valence-corrected chi connectivity index (χ2v) is 9.34. The van der Waals surface area contributed by atoms with Crippen molar-refractivity contribution in [3.05, 3.63) is 29.5 Å². The fourth-order valence-corrected chi connectivity index (χ4v) is 4.17. The van der Waals surface area contributed by atoms with E-state index in [0.29, 0.717) is 42.4 Å². The Morgan fingerprint density at radius 2 is 1.88 bits per heavy atom. The predicted molar refractivity (Wildman–Crippen MR) is 122 cm³/mol. The molecule has 0 saturated carbocycles. The maximum Gasteiger partial charge on any atom is 0.410 e. The van der Waals surface area contributed by atoms with E-state index in [1.165, 1.54) is 6.07 Å². The number of carbonyl (C=O) groups is 2. The number of benzene rings is 1. The zero-order chi connectivity index (χ0) is 24.3. The molecule has 1 saturated heterocycles. The number of nitrogens with zero attached hydrogens (tertiary/aromatic N) is 2. The van der Waals surface area contributed by atoms with Gasteiger partial charge in [0, 0.05) is 43.3 Å². The molecule has 2 heterocycles. The van der Waals surface area contributed by atoms with Crippen LogP contribution in [0.5, 0.6) is 0 Å². The summed E-state index contributed by atoms with van der Waals surface area (Å²) < 4.78 is 42.3. The van der Waals surface area contributed by atoms with Crippen molar-refractivity contribution in [3.8, 4) is 0 Å². The van der Waals surface area contributed by atoms with Crippen molar-refractivity contribution >= 4 is 28.7 Å².